The normalized spacial score (nSPS) is 14.2. The minimum Gasteiger partial charge on any atom is -0.417 e. The van der Waals surface area contributed by atoms with Crippen molar-refractivity contribution in [2.24, 2.45) is 0 Å². The van der Waals surface area contributed by atoms with Crippen molar-refractivity contribution < 1.29 is 9.34 Å². The van der Waals surface area contributed by atoms with E-state index in [9.17, 15) is 10.1 Å². The summed E-state index contributed by atoms with van der Waals surface area (Å²) in [6.45, 7) is 3.15. The smallest absolute Gasteiger partial charge is 0.311 e. The summed E-state index contributed by atoms with van der Waals surface area (Å²) in [7, 11) is 0. The van der Waals surface area contributed by atoms with Crippen molar-refractivity contribution in [2.75, 3.05) is 18.0 Å². The fourth-order valence-electron chi connectivity index (χ4n) is 3.23. The van der Waals surface area contributed by atoms with Crippen molar-refractivity contribution in [3.8, 4) is 11.5 Å². The first-order valence-corrected chi connectivity index (χ1v) is 9.05. The lowest BCUT2D eigenvalue weighted by atomic mass is 10.0. The van der Waals surface area contributed by atoms with Gasteiger partial charge in [0.05, 0.1) is 4.92 Å². The van der Waals surface area contributed by atoms with Gasteiger partial charge in [-0.1, -0.05) is 23.8 Å². The average molecular weight is 377 g/mol. The van der Waals surface area contributed by atoms with Crippen LogP contribution in [0.3, 0.4) is 0 Å². The Morgan fingerprint density at radius 1 is 1.11 bits per heavy atom. The summed E-state index contributed by atoms with van der Waals surface area (Å²) in [5.74, 6) is 1.40. The van der Waals surface area contributed by atoms with Crippen molar-refractivity contribution in [3.63, 3.8) is 0 Å². The third-order valence-electron chi connectivity index (χ3n) is 4.68. The summed E-state index contributed by atoms with van der Waals surface area (Å²) in [6, 6.07) is 12.8. The highest BCUT2D eigenvalue weighted by Crippen LogP contribution is 2.30. The van der Waals surface area contributed by atoms with E-state index in [0.29, 0.717) is 30.7 Å². The summed E-state index contributed by atoms with van der Waals surface area (Å²) >= 11 is 0. The number of aryl methyl sites for hydroxylation is 1. The molecular weight excluding hydrogens is 358 g/mol. The molecule has 3 heterocycles. The average Bonchev–Trinajstić information content (AvgIpc) is 3.17. The molecule has 0 aliphatic carbocycles. The molecule has 1 aliphatic rings. The van der Waals surface area contributed by atoms with E-state index in [1.165, 1.54) is 11.6 Å². The number of nitro groups is 1. The molecule has 4 rings (SSSR count). The summed E-state index contributed by atoms with van der Waals surface area (Å²) in [4.78, 5) is 17.3. The molecule has 8 nitrogen and oxygen atoms in total. The third-order valence-corrected chi connectivity index (χ3v) is 4.68. The highest BCUT2D eigenvalue weighted by atomic mass is 16.6. The highest BCUT2D eigenvalue weighted by molar-refractivity contribution is 5.59. The molecule has 0 bridgehead atoms. The molecule has 0 N–H and O–H groups in total. The first-order valence-electron chi connectivity index (χ1n) is 9.05. The van der Waals surface area contributed by atoms with Gasteiger partial charge < -0.3 is 9.32 Å². The van der Waals surface area contributed by atoms with Gasteiger partial charge in [-0.15, -0.1) is 10.2 Å². The second-order valence-corrected chi connectivity index (χ2v) is 6.65. The largest absolute Gasteiger partial charge is 0.417 e. The molecule has 0 radical (unpaired) electrons. The van der Waals surface area contributed by atoms with E-state index in [1.807, 2.05) is 48.2 Å². The molecule has 1 fully saturated rings. The molecule has 1 aliphatic heterocycles. The van der Waals surface area contributed by atoms with Gasteiger partial charge >= 0.3 is 5.69 Å². The number of anilines is 1. The van der Waals surface area contributed by atoms with E-state index in [0.717, 1.165) is 24.1 Å². The number of hydrogen-bond acceptors (Lipinski definition) is 7. The van der Waals surface area contributed by atoms with Gasteiger partial charge in [-0.25, -0.2) is 4.98 Å². The van der Waals surface area contributed by atoms with Crippen LogP contribution in [0.1, 0.15) is 24.4 Å². The molecular formula is C20H19N5O3. The van der Waals surface area contributed by atoms with Crippen LogP contribution in [-0.2, 0) is 0 Å². The van der Waals surface area contributed by atoms with E-state index < -0.39 is 0 Å². The molecule has 1 aromatic carbocycles. The zero-order chi connectivity index (χ0) is 19.5. The van der Waals surface area contributed by atoms with Gasteiger partial charge in [0.15, 0.2) is 0 Å². The first kappa shape index (κ1) is 17.8. The predicted molar refractivity (Wildman–Crippen MR) is 105 cm³/mol. The number of rotatable bonds is 4. The first-order chi connectivity index (χ1) is 13.6. The summed E-state index contributed by atoms with van der Waals surface area (Å²) in [5.41, 5.74) is 2.87. The Kier molecular flexibility index (Phi) is 4.84. The van der Waals surface area contributed by atoms with E-state index in [1.54, 1.807) is 6.07 Å². The number of aromatic nitrogens is 3. The standard InChI is InChI=1S/C20H19N5O3/c1-14-7-8-17(25(26)27)19(21-14)24-11-9-15(10-12-24)13-18-22-23-20(28-18)16-5-3-2-4-6-16/h2-8,13H,9-12H2,1H3. The minimum atomic E-state index is -0.378. The highest BCUT2D eigenvalue weighted by Gasteiger charge is 2.24. The lowest BCUT2D eigenvalue weighted by Crippen LogP contribution is -2.32. The fourth-order valence-corrected chi connectivity index (χ4v) is 3.23. The van der Waals surface area contributed by atoms with Gasteiger partial charge in [-0.2, -0.15) is 0 Å². The van der Waals surface area contributed by atoms with E-state index >= 15 is 0 Å². The van der Waals surface area contributed by atoms with Crippen molar-refractivity contribution >= 4 is 17.6 Å². The number of benzene rings is 1. The lowest BCUT2D eigenvalue weighted by Gasteiger charge is -2.29. The van der Waals surface area contributed by atoms with Gasteiger partial charge in [0.2, 0.25) is 17.6 Å². The van der Waals surface area contributed by atoms with Crippen LogP contribution in [0.2, 0.25) is 0 Å². The van der Waals surface area contributed by atoms with Crippen molar-refractivity contribution in [2.45, 2.75) is 19.8 Å². The fraction of sp³-hybridized carbons (Fsp3) is 0.250. The number of piperidine rings is 1. The van der Waals surface area contributed by atoms with Gasteiger partial charge in [-0.05, 0) is 38.0 Å². The van der Waals surface area contributed by atoms with Crippen LogP contribution in [0.25, 0.3) is 17.5 Å². The predicted octanol–water partition coefficient (Wildman–Crippen LogP) is 4.03. The van der Waals surface area contributed by atoms with Crippen molar-refractivity contribution in [1.82, 2.24) is 15.2 Å². The summed E-state index contributed by atoms with van der Waals surface area (Å²) in [6.07, 6.45) is 3.43. The van der Waals surface area contributed by atoms with E-state index in [-0.39, 0.29) is 10.6 Å². The molecule has 3 aromatic rings. The molecule has 2 aromatic heterocycles. The summed E-state index contributed by atoms with van der Waals surface area (Å²) < 4.78 is 5.74. The Morgan fingerprint density at radius 2 is 1.86 bits per heavy atom. The summed E-state index contributed by atoms with van der Waals surface area (Å²) in [5, 5.41) is 19.5. The van der Waals surface area contributed by atoms with Crippen molar-refractivity contribution in [1.29, 1.82) is 0 Å². The second-order valence-electron chi connectivity index (χ2n) is 6.65. The van der Waals surface area contributed by atoms with Crippen LogP contribution in [0.15, 0.2) is 52.5 Å². The molecule has 1 saturated heterocycles. The van der Waals surface area contributed by atoms with Gasteiger partial charge in [0.25, 0.3) is 0 Å². The van der Waals surface area contributed by atoms with Gasteiger partial charge in [0, 0.05) is 36.5 Å². The topological polar surface area (TPSA) is 98.2 Å². The molecule has 28 heavy (non-hydrogen) atoms. The monoisotopic (exact) mass is 377 g/mol. The Balaban J connectivity index is 1.47. The molecule has 0 atom stereocenters. The van der Waals surface area contributed by atoms with Crippen LogP contribution in [0, 0.1) is 17.0 Å². The number of pyridine rings is 1. The number of nitrogens with zero attached hydrogens (tertiary/aromatic N) is 5. The van der Waals surface area contributed by atoms with Crippen LogP contribution in [-0.4, -0.2) is 33.2 Å². The van der Waals surface area contributed by atoms with Crippen LogP contribution in [0.5, 0.6) is 0 Å². The Labute approximate surface area is 161 Å². The van der Waals surface area contributed by atoms with Gasteiger partial charge in [-0.3, -0.25) is 10.1 Å². The molecule has 0 saturated carbocycles. The lowest BCUT2D eigenvalue weighted by molar-refractivity contribution is -0.384. The minimum absolute atomic E-state index is 0.0439. The molecule has 0 amide bonds. The van der Waals surface area contributed by atoms with Gasteiger partial charge in [0.1, 0.15) is 0 Å². The second kappa shape index (κ2) is 7.59. The quantitative estimate of drug-likeness (QED) is 0.500. The molecule has 8 heteroatoms. The number of hydrogen-bond donors (Lipinski definition) is 0. The van der Waals surface area contributed by atoms with E-state index in [4.69, 9.17) is 4.42 Å². The third kappa shape index (κ3) is 3.75. The Hall–Kier alpha value is -3.55. The molecule has 0 spiro atoms. The Morgan fingerprint density at radius 3 is 2.57 bits per heavy atom. The Bertz CT molecular complexity index is 1020. The van der Waals surface area contributed by atoms with Crippen molar-refractivity contribution in [3.05, 3.63) is 69.7 Å². The zero-order valence-electron chi connectivity index (χ0n) is 15.4. The van der Waals surface area contributed by atoms with E-state index in [2.05, 4.69) is 15.2 Å². The van der Waals surface area contributed by atoms with Crippen LogP contribution in [0.4, 0.5) is 11.5 Å². The van der Waals surface area contributed by atoms with Crippen LogP contribution < -0.4 is 4.90 Å². The maximum atomic E-state index is 11.3. The molecule has 0 unspecified atom stereocenters. The zero-order valence-corrected chi connectivity index (χ0v) is 15.4. The maximum Gasteiger partial charge on any atom is 0.311 e. The SMILES string of the molecule is Cc1ccc([N+](=O)[O-])c(N2CCC(=Cc3nnc(-c4ccccc4)o3)CC2)n1. The van der Waals surface area contributed by atoms with Crippen LogP contribution >= 0.6 is 0 Å². The molecule has 142 valence electrons. The maximum absolute atomic E-state index is 11.3.